The van der Waals surface area contributed by atoms with Gasteiger partial charge in [-0.2, -0.15) is 0 Å². The van der Waals surface area contributed by atoms with E-state index in [1.54, 1.807) is 12.1 Å². The van der Waals surface area contributed by atoms with Gasteiger partial charge in [-0.25, -0.2) is 4.39 Å². The number of hydrogen-bond acceptors (Lipinski definition) is 5. The van der Waals surface area contributed by atoms with Gasteiger partial charge in [0, 0.05) is 42.7 Å². The monoisotopic (exact) mass is 495 g/mol. The number of rotatable bonds is 5. The third-order valence-electron chi connectivity index (χ3n) is 7.19. The van der Waals surface area contributed by atoms with Crippen LogP contribution in [-0.4, -0.2) is 67.5 Å². The minimum absolute atomic E-state index is 0.0178. The lowest BCUT2D eigenvalue weighted by atomic mass is 9.80. The molecule has 0 radical (unpaired) electrons. The van der Waals surface area contributed by atoms with Gasteiger partial charge in [-0.05, 0) is 61.8 Å². The van der Waals surface area contributed by atoms with Crippen LogP contribution in [0.25, 0.3) is 0 Å². The van der Waals surface area contributed by atoms with E-state index in [0.29, 0.717) is 23.2 Å². The fraction of sp³-hybridized carbons (Fsp3) is 0.652. The molecular weight excluding hydrogens is 465 g/mol. The minimum Gasteiger partial charge on any atom is -0.469 e. The van der Waals surface area contributed by atoms with E-state index in [-0.39, 0.29) is 29.7 Å². The van der Waals surface area contributed by atoms with Crippen molar-refractivity contribution in [2.75, 3.05) is 44.7 Å². The summed E-state index contributed by atoms with van der Waals surface area (Å²) in [6.07, 6.45) is 3.94. The first-order valence-electron chi connectivity index (χ1n) is 11.2. The lowest BCUT2D eigenvalue weighted by molar-refractivity contribution is -0.146. The summed E-state index contributed by atoms with van der Waals surface area (Å²) in [5.41, 5.74) is 1.01. The molecule has 1 aromatic rings. The van der Waals surface area contributed by atoms with Crippen molar-refractivity contribution < 1.29 is 18.7 Å². The Morgan fingerprint density at radius 3 is 2.52 bits per heavy atom. The quantitative estimate of drug-likeness (QED) is 0.502. The van der Waals surface area contributed by atoms with Crippen molar-refractivity contribution in [3.05, 3.63) is 30.1 Å². The number of alkyl halides is 1. The van der Waals surface area contributed by atoms with Crippen LogP contribution < -0.4 is 10.2 Å². The average molecular weight is 496 g/mol. The highest BCUT2D eigenvalue weighted by Gasteiger charge is 2.49. The van der Waals surface area contributed by atoms with Gasteiger partial charge in [0.25, 0.3) is 0 Å². The summed E-state index contributed by atoms with van der Waals surface area (Å²) in [7, 11) is 1.43. The van der Waals surface area contributed by atoms with Crippen molar-refractivity contribution in [2.24, 2.45) is 17.8 Å². The van der Waals surface area contributed by atoms with Gasteiger partial charge in [0.2, 0.25) is 5.91 Å². The smallest absolute Gasteiger partial charge is 0.310 e. The van der Waals surface area contributed by atoms with Crippen LogP contribution in [-0.2, 0) is 14.3 Å². The number of carbonyl (C=O) groups is 2. The fourth-order valence-corrected chi connectivity index (χ4v) is 6.34. The summed E-state index contributed by atoms with van der Waals surface area (Å²) >= 11 is 3.73. The van der Waals surface area contributed by atoms with E-state index in [2.05, 4.69) is 31.0 Å². The Balaban J connectivity index is 1.31. The van der Waals surface area contributed by atoms with Gasteiger partial charge in [-0.1, -0.05) is 15.9 Å². The molecule has 8 heteroatoms. The van der Waals surface area contributed by atoms with E-state index in [1.807, 2.05) is 0 Å². The van der Waals surface area contributed by atoms with E-state index >= 15 is 0 Å². The standard InChI is InChI=1S/C23H31BrFN3O3/c1-31-23(30)20-13-15-12-16(24)2-7-19(15)22(20)26-21(29)14-27-8-10-28(11-9-27)18-5-3-17(25)4-6-18/h3-6,15-16,19-20,22H,2,7-14H2,1H3,(H,26,29). The highest BCUT2D eigenvalue weighted by atomic mass is 79.9. The lowest BCUT2D eigenvalue weighted by Crippen LogP contribution is -2.52. The molecule has 3 aliphatic rings. The number of carbonyl (C=O) groups excluding carboxylic acids is 2. The van der Waals surface area contributed by atoms with Crippen LogP contribution in [0.1, 0.15) is 25.7 Å². The Morgan fingerprint density at radius 2 is 1.84 bits per heavy atom. The zero-order valence-corrected chi connectivity index (χ0v) is 19.5. The summed E-state index contributed by atoms with van der Waals surface area (Å²) < 4.78 is 18.2. The first-order chi connectivity index (χ1) is 14.9. The van der Waals surface area contributed by atoms with Gasteiger partial charge in [-0.3, -0.25) is 14.5 Å². The molecular formula is C23H31BrFN3O3. The number of methoxy groups -OCH3 is 1. The van der Waals surface area contributed by atoms with Gasteiger partial charge in [0.05, 0.1) is 19.6 Å². The summed E-state index contributed by atoms with van der Waals surface area (Å²) in [4.78, 5) is 30.1. The zero-order valence-electron chi connectivity index (χ0n) is 17.9. The minimum atomic E-state index is -0.253. The first kappa shape index (κ1) is 22.5. The van der Waals surface area contributed by atoms with Crippen LogP contribution in [0.15, 0.2) is 24.3 Å². The maximum Gasteiger partial charge on any atom is 0.310 e. The van der Waals surface area contributed by atoms with Gasteiger partial charge in [-0.15, -0.1) is 0 Å². The Hall–Kier alpha value is -1.67. The number of fused-ring (bicyclic) bond motifs is 1. The highest BCUT2D eigenvalue weighted by Crippen LogP contribution is 2.47. The molecule has 0 spiro atoms. The van der Waals surface area contributed by atoms with E-state index in [0.717, 1.165) is 57.5 Å². The van der Waals surface area contributed by atoms with E-state index in [1.165, 1.54) is 19.2 Å². The molecule has 1 aromatic carbocycles. The number of nitrogens with zero attached hydrogens (tertiary/aromatic N) is 2. The average Bonchev–Trinajstić information content (AvgIpc) is 3.11. The van der Waals surface area contributed by atoms with Crippen LogP contribution in [0.5, 0.6) is 0 Å². The van der Waals surface area contributed by atoms with E-state index in [9.17, 15) is 14.0 Å². The zero-order chi connectivity index (χ0) is 22.0. The summed E-state index contributed by atoms with van der Waals surface area (Å²) in [6.45, 7) is 3.47. The third-order valence-corrected chi connectivity index (χ3v) is 8.02. The molecule has 5 unspecified atom stereocenters. The van der Waals surface area contributed by atoms with Gasteiger partial charge < -0.3 is 15.0 Å². The topological polar surface area (TPSA) is 61.9 Å². The Morgan fingerprint density at radius 1 is 1.13 bits per heavy atom. The Labute approximate surface area is 191 Å². The molecule has 0 bridgehead atoms. The number of hydrogen-bond donors (Lipinski definition) is 1. The maximum atomic E-state index is 13.1. The van der Waals surface area contributed by atoms with Gasteiger partial charge in [0.1, 0.15) is 5.82 Å². The third kappa shape index (κ3) is 5.22. The predicted octanol–water partition coefficient (Wildman–Crippen LogP) is 2.81. The summed E-state index contributed by atoms with van der Waals surface area (Å²) in [6, 6.07) is 6.41. The molecule has 6 nitrogen and oxygen atoms in total. The molecule has 2 aliphatic carbocycles. The Kier molecular flexibility index (Phi) is 7.16. The van der Waals surface area contributed by atoms with E-state index in [4.69, 9.17) is 4.74 Å². The Bertz CT molecular complexity index is 785. The number of benzene rings is 1. The SMILES string of the molecule is COC(=O)C1CC2CC(Br)CCC2C1NC(=O)CN1CCN(c2ccc(F)cc2)CC1. The van der Waals surface area contributed by atoms with Gasteiger partial charge in [0.15, 0.2) is 0 Å². The normalized spacial score (nSPS) is 31.2. The predicted molar refractivity (Wildman–Crippen MR) is 121 cm³/mol. The van der Waals surface area contributed by atoms with Crippen LogP contribution >= 0.6 is 15.9 Å². The molecule has 0 aromatic heterocycles. The number of anilines is 1. The second-order valence-corrected chi connectivity index (χ2v) is 10.3. The summed E-state index contributed by atoms with van der Waals surface area (Å²) in [5, 5.41) is 3.20. The molecule has 1 saturated heterocycles. The highest BCUT2D eigenvalue weighted by molar-refractivity contribution is 9.09. The van der Waals surface area contributed by atoms with Crippen molar-refractivity contribution >= 4 is 33.5 Å². The summed E-state index contributed by atoms with van der Waals surface area (Å²) in [5.74, 6) is 0.0820. The molecule has 5 atom stereocenters. The number of nitrogens with one attached hydrogen (secondary N) is 1. The molecule has 4 rings (SSSR count). The number of esters is 1. The maximum absolute atomic E-state index is 13.1. The fourth-order valence-electron chi connectivity index (χ4n) is 5.60. The molecule has 1 heterocycles. The number of piperazine rings is 1. The molecule has 3 fully saturated rings. The van der Waals surface area contributed by atoms with Crippen molar-refractivity contribution in [2.45, 2.75) is 36.6 Å². The van der Waals surface area contributed by atoms with Crippen LogP contribution in [0.2, 0.25) is 0 Å². The first-order valence-corrected chi connectivity index (χ1v) is 12.1. The van der Waals surface area contributed by atoms with Crippen molar-refractivity contribution in [3.63, 3.8) is 0 Å². The lowest BCUT2D eigenvalue weighted by Gasteiger charge is -2.36. The van der Waals surface area contributed by atoms with Crippen molar-refractivity contribution in [3.8, 4) is 0 Å². The van der Waals surface area contributed by atoms with Crippen LogP contribution in [0.3, 0.4) is 0 Å². The van der Waals surface area contributed by atoms with Crippen molar-refractivity contribution in [1.29, 1.82) is 0 Å². The molecule has 2 saturated carbocycles. The number of ether oxygens (including phenoxy) is 1. The van der Waals surface area contributed by atoms with Crippen molar-refractivity contribution in [1.82, 2.24) is 10.2 Å². The molecule has 31 heavy (non-hydrogen) atoms. The molecule has 1 aliphatic heterocycles. The second-order valence-electron chi connectivity index (χ2n) is 9.03. The van der Waals surface area contributed by atoms with Crippen LogP contribution in [0, 0.1) is 23.6 Å². The van der Waals surface area contributed by atoms with Crippen LogP contribution in [0.4, 0.5) is 10.1 Å². The van der Waals surface area contributed by atoms with Gasteiger partial charge >= 0.3 is 5.97 Å². The molecule has 170 valence electrons. The molecule has 1 N–H and O–H groups in total. The number of halogens is 2. The van der Waals surface area contributed by atoms with E-state index < -0.39 is 0 Å². The second kappa shape index (κ2) is 9.86. The number of amides is 1. The largest absolute Gasteiger partial charge is 0.469 e. The molecule has 1 amide bonds.